The summed E-state index contributed by atoms with van der Waals surface area (Å²) in [6.07, 6.45) is 0.875. The van der Waals surface area contributed by atoms with Crippen LogP contribution in [0.25, 0.3) is 0 Å². The lowest BCUT2D eigenvalue weighted by atomic mass is 9.67. The molecule has 9 nitrogen and oxygen atoms in total. The number of phenols is 2. The lowest BCUT2D eigenvalue weighted by Crippen LogP contribution is -2.54. The Morgan fingerprint density at radius 2 is 1.34 bits per heavy atom. The number of likely N-dealkylation sites (N-methyl/N-ethyl adjacent to an activating group) is 2. The van der Waals surface area contributed by atoms with Gasteiger partial charge < -0.3 is 29.7 Å². The molecule has 0 saturated carbocycles. The van der Waals surface area contributed by atoms with Crippen LogP contribution in [0, 0.1) is 24.6 Å². The number of benzene rings is 3. The van der Waals surface area contributed by atoms with Gasteiger partial charge in [-0.05, 0) is 76.6 Å². The maximum Gasteiger partial charge on any atom is 0.236 e. The topological polar surface area (TPSA) is 118 Å². The molecule has 0 aliphatic carbocycles. The van der Waals surface area contributed by atoms with Crippen molar-refractivity contribution in [3.05, 3.63) is 94.8 Å². The number of phenolic OH excluding ortho intramolecular Hbond substituents is 2. The van der Waals surface area contributed by atoms with Gasteiger partial charge in [0, 0.05) is 42.0 Å². The summed E-state index contributed by atoms with van der Waals surface area (Å²) in [4.78, 5) is 55.8. The third-order valence-electron chi connectivity index (χ3n) is 7.55. The number of carbonyl (C=O) groups is 4. The molecule has 0 spiro atoms. The maximum absolute atomic E-state index is 14.8. The van der Waals surface area contributed by atoms with E-state index in [0.717, 1.165) is 6.29 Å². The summed E-state index contributed by atoms with van der Waals surface area (Å²) in [5, 5.41) is 20.1. The van der Waals surface area contributed by atoms with Crippen molar-refractivity contribution in [2.24, 2.45) is 11.8 Å². The zero-order valence-corrected chi connectivity index (χ0v) is 25.7. The second-order valence-corrected chi connectivity index (χ2v) is 11.5. The Kier molecular flexibility index (Phi) is 11.9. The average molecular weight is 606 g/mol. The number of likely N-dealkylation sites (tertiary alicyclic amines) is 1. The van der Waals surface area contributed by atoms with Crippen LogP contribution in [0.1, 0.15) is 37.8 Å². The zero-order valence-electron chi connectivity index (χ0n) is 25.7. The number of amides is 1. The molecule has 0 aromatic heterocycles. The second kappa shape index (κ2) is 15.4. The summed E-state index contributed by atoms with van der Waals surface area (Å²) in [6.45, 7) is 2.29. The molecule has 1 heterocycles. The molecule has 3 aromatic rings. The number of Topliss-reactive ketones (excluding diaryl/α,β-unsaturated/α-hetero) is 2. The van der Waals surface area contributed by atoms with Gasteiger partial charge in [-0.3, -0.25) is 14.4 Å². The molecule has 10 heteroatoms. The standard InChI is InChI=1S/C30H31FN2O5.C4H9NO/c1-18-23(11-6-12-26(18)31)28-24(29(37)19-7-4-9-21(34)13-19)15-33(27(36)17-32(2)3)16-25(28)30(38)20-8-5-10-22(35)14-20;1-5(2)3-4-6/h4-14,24-25,28,34-35H,15-17H2,1-3H3;4H,3H2,1-2H3/t24-,25-;/m0./s1. The van der Waals surface area contributed by atoms with Crippen LogP contribution in [0.2, 0.25) is 0 Å². The highest BCUT2D eigenvalue weighted by atomic mass is 19.1. The van der Waals surface area contributed by atoms with Crippen LogP contribution in [-0.2, 0) is 9.59 Å². The molecular weight excluding hydrogens is 565 g/mol. The van der Waals surface area contributed by atoms with E-state index in [-0.39, 0.29) is 59.7 Å². The van der Waals surface area contributed by atoms with Gasteiger partial charge in [-0.25, -0.2) is 4.39 Å². The fraction of sp³-hybridized carbons (Fsp3) is 0.353. The van der Waals surface area contributed by atoms with Crippen LogP contribution in [0.4, 0.5) is 4.39 Å². The normalized spacial score (nSPS) is 16.8. The minimum Gasteiger partial charge on any atom is -0.508 e. The molecule has 4 rings (SSSR count). The summed E-state index contributed by atoms with van der Waals surface area (Å²) in [6, 6.07) is 16.4. The molecule has 3 aromatic carbocycles. The summed E-state index contributed by atoms with van der Waals surface area (Å²) in [5.41, 5.74) is 1.31. The summed E-state index contributed by atoms with van der Waals surface area (Å²) in [5.74, 6) is -4.11. The van der Waals surface area contributed by atoms with E-state index in [1.54, 1.807) is 62.3 Å². The number of nitrogens with zero attached hydrogens (tertiary/aromatic N) is 3. The molecular formula is C34H40FN3O6. The lowest BCUT2D eigenvalue weighted by Gasteiger charge is -2.43. The average Bonchev–Trinajstić information content (AvgIpc) is 2.97. The molecule has 0 radical (unpaired) electrons. The Hall–Kier alpha value is -4.41. The Morgan fingerprint density at radius 1 is 0.841 bits per heavy atom. The molecule has 1 saturated heterocycles. The van der Waals surface area contributed by atoms with Crippen molar-refractivity contribution in [3.63, 3.8) is 0 Å². The van der Waals surface area contributed by atoms with Crippen LogP contribution >= 0.6 is 0 Å². The second-order valence-electron chi connectivity index (χ2n) is 11.5. The minimum absolute atomic E-state index is 0.0333. The van der Waals surface area contributed by atoms with E-state index < -0.39 is 23.6 Å². The SMILES string of the molecule is CN(C)CC=O.Cc1c(F)cccc1C1[C@@H](C(=O)c2cccc(O)c2)CN(C(=O)CN(C)C)C[C@@H]1C(=O)c1cccc(O)c1. The highest BCUT2D eigenvalue weighted by molar-refractivity contribution is 6.03. The van der Waals surface area contributed by atoms with E-state index in [2.05, 4.69) is 0 Å². The van der Waals surface area contributed by atoms with Crippen molar-refractivity contribution >= 4 is 23.8 Å². The van der Waals surface area contributed by atoms with Crippen LogP contribution in [0.15, 0.2) is 66.7 Å². The van der Waals surface area contributed by atoms with Gasteiger partial charge in [-0.1, -0.05) is 36.4 Å². The zero-order chi connectivity index (χ0) is 32.6. The van der Waals surface area contributed by atoms with E-state index in [0.29, 0.717) is 17.7 Å². The van der Waals surface area contributed by atoms with Gasteiger partial charge in [0.05, 0.1) is 13.1 Å². The van der Waals surface area contributed by atoms with E-state index in [1.165, 1.54) is 35.2 Å². The van der Waals surface area contributed by atoms with Crippen molar-refractivity contribution < 1.29 is 33.8 Å². The molecule has 0 unspecified atom stereocenters. The highest BCUT2D eigenvalue weighted by Gasteiger charge is 2.46. The Bertz CT molecular complexity index is 1420. The number of ketones is 2. The monoisotopic (exact) mass is 605 g/mol. The number of piperidine rings is 1. The molecule has 2 atom stereocenters. The lowest BCUT2D eigenvalue weighted by molar-refractivity contribution is -0.134. The van der Waals surface area contributed by atoms with Crippen molar-refractivity contribution in [3.8, 4) is 11.5 Å². The van der Waals surface area contributed by atoms with Crippen LogP contribution < -0.4 is 0 Å². The Labute approximate surface area is 257 Å². The smallest absolute Gasteiger partial charge is 0.236 e. The third kappa shape index (κ3) is 8.58. The molecule has 2 N–H and O–H groups in total. The van der Waals surface area contributed by atoms with Crippen molar-refractivity contribution in [1.29, 1.82) is 0 Å². The van der Waals surface area contributed by atoms with E-state index >= 15 is 0 Å². The van der Waals surface area contributed by atoms with Crippen LogP contribution in [-0.4, -0.2) is 103 Å². The fourth-order valence-corrected chi connectivity index (χ4v) is 5.44. The Balaban J connectivity index is 0.000000801. The molecule has 1 aliphatic heterocycles. The first kappa shape index (κ1) is 34.1. The number of hydrogen-bond donors (Lipinski definition) is 2. The fourth-order valence-electron chi connectivity index (χ4n) is 5.44. The van der Waals surface area contributed by atoms with Gasteiger partial charge in [0.25, 0.3) is 0 Å². The predicted octanol–water partition coefficient (Wildman–Crippen LogP) is 3.78. The first-order valence-corrected chi connectivity index (χ1v) is 14.3. The highest BCUT2D eigenvalue weighted by Crippen LogP contribution is 2.42. The molecule has 1 fully saturated rings. The van der Waals surface area contributed by atoms with Crippen molar-refractivity contribution in [2.45, 2.75) is 12.8 Å². The summed E-state index contributed by atoms with van der Waals surface area (Å²) < 4.78 is 14.8. The van der Waals surface area contributed by atoms with Gasteiger partial charge in [0.2, 0.25) is 5.91 Å². The number of aldehydes is 1. The molecule has 1 amide bonds. The molecule has 234 valence electrons. The van der Waals surface area contributed by atoms with Gasteiger partial charge in [-0.2, -0.15) is 0 Å². The number of rotatable bonds is 9. The van der Waals surface area contributed by atoms with E-state index in [9.17, 15) is 33.8 Å². The molecule has 0 bridgehead atoms. The van der Waals surface area contributed by atoms with Gasteiger partial charge >= 0.3 is 0 Å². The first-order chi connectivity index (χ1) is 20.8. The minimum atomic E-state index is -0.886. The largest absolute Gasteiger partial charge is 0.508 e. The van der Waals surface area contributed by atoms with Gasteiger partial charge in [-0.15, -0.1) is 0 Å². The summed E-state index contributed by atoms with van der Waals surface area (Å²) in [7, 11) is 7.22. The number of halogens is 1. The van der Waals surface area contributed by atoms with Gasteiger partial charge in [0.15, 0.2) is 11.6 Å². The van der Waals surface area contributed by atoms with E-state index in [1.807, 2.05) is 19.0 Å². The molecule has 44 heavy (non-hydrogen) atoms. The Morgan fingerprint density at radius 3 is 1.75 bits per heavy atom. The molecule has 1 aliphatic rings. The quantitative estimate of drug-likeness (QED) is 0.280. The summed E-state index contributed by atoms with van der Waals surface area (Å²) >= 11 is 0. The van der Waals surface area contributed by atoms with Crippen molar-refractivity contribution in [2.75, 3.05) is 54.4 Å². The number of carbonyl (C=O) groups excluding carboxylic acids is 4. The maximum atomic E-state index is 14.8. The first-order valence-electron chi connectivity index (χ1n) is 14.3. The predicted molar refractivity (Wildman–Crippen MR) is 165 cm³/mol. The van der Waals surface area contributed by atoms with Crippen LogP contribution in [0.5, 0.6) is 11.5 Å². The van der Waals surface area contributed by atoms with Crippen molar-refractivity contribution in [1.82, 2.24) is 14.7 Å². The number of aromatic hydroxyl groups is 2. The number of hydrogen-bond acceptors (Lipinski definition) is 8. The third-order valence-corrected chi connectivity index (χ3v) is 7.55. The van der Waals surface area contributed by atoms with Crippen LogP contribution in [0.3, 0.4) is 0 Å². The van der Waals surface area contributed by atoms with Gasteiger partial charge in [0.1, 0.15) is 23.6 Å². The van der Waals surface area contributed by atoms with E-state index in [4.69, 9.17) is 0 Å².